The predicted molar refractivity (Wildman–Crippen MR) is 104 cm³/mol. The minimum Gasteiger partial charge on any atom is -0.375 e. The van der Waals surface area contributed by atoms with Crippen LogP contribution in [0.2, 0.25) is 0 Å². The van der Waals surface area contributed by atoms with Gasteiger partial charge in [0.15, 0.2) is 0 Å². The Morgan fingerprint density at radius 1 is 0.852 bits per heavy atom. The minimum absolute atomic E-state index is 0.127. The van der Waals surface area contributed by atoms with E-state index in [1.54, 1.807) is 12.1 Å². The first-order chi connectivity index (χ1) is 13.1. The van der Waals surface area contributed by atoms with Crippen molar-refractivity contribution in [2.24, 2.45) is 0 Å². The maximum absolute atomic E-state index is 12.3. The maximum Gasteiger partial charge on any atom is 0.293 e. The lowest BCUT2D eigenvalue weighted by Gasteiger charge is -2.09. The van der Waals surface area contributed by atoms with E-state index in [2.05, 4.69) is 10.6 Å². The van der Waals surface area contributed by atoms with Crippen LogP contribution in [0.25, 0.3) is 0 Å². The fourth-order valence-electron chi connectivity index (χ4n) is 2.65. The van der Waals surface area contributed by atoms with Gasteiger partial charge in [-0.3, -0.25) is 14.9 Å². The Labute approximate surface area is 157 Å². The highest BCUT2D eigenvalue weighted by molar-refractivity contribution is 5.95. The van der Waals surface area contributed by atoms with Crippen LogP contribution in [0.1, 0.15) is 21.5 Å². The Morgan fingerprint density at radius 3 is 2.04 bits per heavy atom. The molecule has 0 aliphatic carbocycles. The molecule has 1 amide bonds. The second kappa shape index (κ2) is 8.62. The highest BCUT2D eigenvalue weighted by Gasteiger charge is 2.17. The monoisotopic (exact) mass is 361 g/mol. The number of nitro benzene ring substituents is 1. The van der Waals surface area contributed by atoms with Crippen molar-refractivity contribution >= 4 is 17.3 Å². The van der Waals surface area contributed by atoms with E-state index >= 15 is 0 Å². The molecular formula is C21H19N3O3. The van der Waals surface area contributed by atoms with Gasteiger partial charge in [0.1, 0.15) is 5.69 Å². The normalized spacial score (nSPS) is 10.2. The Kier molecular flexibility index (Phi) is 5.79. The van der Waals surface area contributed by atoms with Gasteiger partial charge in [0, 0.05) is 24.7 Å². The van der Waals surface area contributed by atoms with Gasteiger partial charge in [-0.2, -0.15) is 0 Å². The van der Waals surface area contributed by atoms with E-state index in [0.29, 0.717) is 18.8 Å². The summed E-state index contributed by atoms with van der Waals surface area (Å²) in [6, 6.07) is 23.5. The van der Waals surface area contributed by atoms with Crippen LogP contribution < -0.4 is 10.6 Å². The first kappa shape index (κ1) is 18.1. The molecule has 6 heteroatoms. The van der Waals surface area contributed by atoms with Crippen molar-refractivity contribution in [3.63, 3.8) is 0 Å². The third kappa shape index (κ3) is 4.92. The molecule has 27 heavy (non-hydrogen) atoms. The third-order valence-electron chi connectivity index (χ3n) is 4.08. The van der Waals surface area contributed by atoms with Gasteiger partial charge >= 0.3 is 0 Å². The lowest BCUT2D eigenvalue weighted by molar-refractivity contribution is -0.384. The van der Waals surface area contributed by atoms with Crippen molar-refractivity contribution < 1.29 is 9.72 Å². The van der Waals surface area contributed by atoms with Gasteiger partial charge < -0.3 is 10.6 Å². The van der Waals surface area contributed by atoms with E-state index in [-0.39, 0.29) is 17.2 Å². The van der Waals surface area contributed by atoms with Crippen molar-refractivity contribution in [2.45, 2.75) is 13.1 Å². The third-order valence-corrected chi connectivity index (χ3v) is 4.08. The van der Waals surface area contributed by atoms with Crippen LogP contribution in [-0.2, 0) is 13.1 Å². The van der Waals surface area contributed by atoms with Crippen LogP contribution in [0.15, 0.2) is 78.9 Å². The molecule has 0 saturated carbocycles. The number of benzene rings is 3. The Bertz CT molecular complexity index is 928. The van der Waals surface area contributed by atoms with Crippen molar-refractivity contribution in [2.75, 3.05) is 5.32 Å². The molecule has 0 radical (unpaired) electrons. The molecule has 0 atom stereocenters. The van der Waals surface area contributed by atoms with Crippen LogP contribution in [-0.4, -0.2) is 10.8 Å². The van der Waals surface area contributed by atoms with E-state index in [4.69, 9.17) is 0 Å². The van der Waals surface area contributed by atoms with E-state index in [1.807, 2.05) is 60.7 Å². The molecule has 0 aliphatic rings. The highest BCUT2D eigenvalue weighted by Crippen LogP contribution is 2.26. The zero-order valence-electron chi connectivity index (χ0n) is 14.6. The summed E-state index contributed by atoms with van der Waals surface area (Å²) in [7, 11) is 0. The van der Waals surface area contributed by atoms with E-state index in [9.17, 15) is 14.9 Å². The lowest BCUT2D eigenvalue weighted by Crippen LogP contribution is -2.22. The molecule has 136 valence electrons. The number of carbonyl (C=O) groups excluding carboxylic acids is 1. The Morgan fingerprint density at radius 2 is 1.44 bits per heavy atom. The van der Waals surface area contributed by atoms with Gasteiger partial charge in [0.25, 0.3) is 11.6 Å². The number of hydrogen-bond donors (Lipinski definition) is 2. The fraction of sp³-hybridized carbons (Fsp3) is 0.0952. The number of anilines is 1. The largest absolute Gasteiger partial charge is 0.375 e. The minimum atomic E-state index is -0.485. The standard InChI is InChI=1S/C21H19N3O3/c25-21(23-15-17-9-5-2-6-10-17)18-11-12-19(20(13-18)24(26)27)22-14-16-7-3-1-4-8-16/h1-13,22H,14-15H2,(H,23,25). The van der Waals surface area contributed by atoms with Crippen molar-refractivity contribution in [1.82, 2.24) is 5.32 Å². The molecule has 3 aromatic carbocycles. The number of nitro groups is 1. The van der Waals surface area contributed by atoms with Gasteiger partial charge in [-0.05, 0) is 23.3 Å². The van der Waals surface area contributed by atoms with Crippen molar-refractivity contribution in [3.05, 3.63) is 106 Å². The summed E-state index contributed by atoms with van der Waals surface area (Å²) in [6.45, 7) is 0.822. The molecule has 0 saturated heterocycles. The summed E-state index contributed by atoms with van der Waals surface area (Å²) in [5, 5.41) is 17.3. The first-order valence-corrected chi connectivity index (χ1v) is 8.52. The molecule has 0 spiro atoms. The summed E-state index contributed by atoms with van der Waals surface area (Å²) in [6.07, 6.45) is 0. The molecule has 3 aromatic rings. The summed E-state index contributed by atoms with van der Waals surface area (Å²) < 4.78 is 0. The zero-order valence-corrected chi connectivity index (χ0v) is 14.6. The molecule has 0 heterocycles. The van der Waals surface area contributed by atoms with Crippen LogP contribution >= 0.6 is 0 Å². The molecule has 2 N–H and O–H groups in total. The topological polar surface area (TPSA) is 84.3 Å². The smallest absolute Gasteiger partial charge is 0.293 e. The zero-order chi connectivity index (χ0) is 19.1. The number of carbonyl (C=O) groups is 1. The second-order valence-corrected chi connectivity index (χ2v) is 6.00. The molecule has 0 bridgehead atoms. The highest BCUT2D eigenvalue weighted by atomic mass is 16.6. The van der Waals surface area contributed by atoms with Gasteiger partial charge in [-0.15, -0.1) is 0 Å². The summed E-state index contributed by atoms with van der Waals surface area (Å²) >= 11 is 0. The van der Waals surface area contributed by atoms with Crippen molar-refractivity contribution in [1.29, 1.82) is 0 Å². The molecule has 3 rings (SSSR count). The number of hydrogen-bond acceptors (Lipinski definition) is 4. The van der Waals surface area contributed by atoms with Gasteiger partial charge in [0.2, 0.25) is 0 Å². The van der Waals surface area contributed by atoms with Crippen LogP contribution in [0.3, 0.4) is 0 Å². The molecule has 0 aromatic heterocycles. The van der Waals surface area contributed by atoms with Crippen LogP contribution in [0, 0.1) is 10.1 Å². The Balaban J connectivity index is 1.70. The molecule has 0 unspecified atom stereocenters. The average molecular weight is 361 g/mol. The summed E-state index contributed by atoms with van der Waals surface area (Å²) in [5.41, 5.74) is 2.47. The summed E-state index contributed by atoms with van der Waals surface area (Å²) in [5.74, 6) is -0.350. The van der Waals surface area contributed by atoms with E-state index in [1.165, 1.54) is 6.07 Å². The molecular weight excluding hydrogens is 342 g/mol. The number of nitrogens with zero attached hydrogens (tertiary/aromatic N) is 1. The maximum atomic E-state index is 12.3. The quantitative estimate of drug-likeness (QED) is 0.489. The molecule has 0 fully saturated rings. The SMILES string of the molecule is O=C(NCc1ccccc1)c1ccc(NCc2ccccc2)c([N+](=O)[O-])c1. The lowest BCUT2D eigenvalue weighted by atomic mass is 10.1. The van der Waals surface area contributed by atoms with Gasteiger partial charge in [-0.25, -0.2) is 0 Å². The van der Waals surface area contributed by atoms with Crippen molar-refractivity contribution in [3.8, 4) is 0 Å². The van der Waals surface area contributed by atoms with Crippen LogP contribution in [0.5, 0.6) is 0 Å². The predicted octanol–water partition coefficient (Wildman–Crippen LogP) is 4.14. The number of amides is 1. The first-order valence-electron chi connectivity index (χ1n) is 8.52. The average Bonchev–Trinajstić information content (AvgIpc) is 2.72. The number of rotatable bonds is 7. The fourth-order valence-corrected chi connectivity index (χ4v) is 2.65. The van der Waals surface area contributed by atoms with E-state index < -0.39 is 4.92 Å². The molecule has 0 aliphatic heterocycles. The van der Waals surface area contributed by atoms with Gasteiger partial charge in [0.05, 0.1) is 4.92 Å². The second-order valence-electron chi connectivity index (χ2n) is 6.00. The summed E-state index contributed by atoms with van der Waals surface area (Å²) in [4.78, 5) is 23.3. The number of nitrogens with one attached hydrogen (secondary N) is 2. The van der Waals surface area contributed by atoms with E-state index in [0.717, 1.165) is 11.1 Å². The Hall–Kier alpha value is -3.67. The molecule has 6 nitrogen and oxygen atoms in total. The van der Waals surface area contributed by atoms with Crippen LogP contribution in [0.4, 0.5) is 11.4 Å². The van der Waals surface area contributed by atoms with Gasteiger partial charge in [-0.1, -0.05) is 60.7 Å².